The van der Waals surface area contributed by atoms with Crippen LogP contribution in [0.2, 0.25) is 0 Å². The Bertz CT molecular complexity index is 288. The molecule has 0 aromatic carbocycles. The number of nitriles is 1. The third-order valence-corrected chi connectivity index (χ3v) is 10.1. The van der Waals surface area contributed by atoms with Gasteiger partial charge in [-0.2, -0.15) is 0 Å². The van der Waals surface area contributed by atoms with Crippen LogP contribution in [0.15, 0.2) is 0 Å². The minimum absolute atomic E-state index is 0.0721. The Balaban J connectivity index is 2.01. The summed E-state index contributed by atoms with van der Waals surface area (Å²) in [5, 5.41) is 8.95. The Kier molecular flexibility index (Phi) is 4.72. The van der Waals surface area contributed by atoms with Crippen LogP contribution in [0.5, 0.6) is 0 Å². The molecule has 92 valence electrons. The van der Waals surface area contributed by atoms with Crippen molar-refractivity contribution in [1.82, 2.24) is 4.90 Å². The summed E-state index contributed by atoms with van der Waals surface area (Å²) in [7, 11) is 0. The summed E-state index contributed by atoms with van der Waals surface area (Å²) in [6.07, 6.45) is 1.92. The van der Waals surface area contributed by atoms with E-state index in [9.17, 15) is 0 Å². The molecule has 2 aliphatic rings. The average molecular weight is 447 g/mol. The van der Waals surface area contributed by atoms with Crippen molar-refractivity contribution in [1.29, 1.82) is 5.26 Å². The summed E-state index contributed by atoms with van der Waals surface area (Å²) < 4.78 is 6.25. The number of hydrogen-bond donors (Lipinski definition) is 0. The maximum atomic E-state index is 8.95. The van der Waals surface area contributed by atoms with Crippen LogP contribution in [0, 0.1) is 17.2 Å². The molecule has 0 aromatic heterocycles. The molecule has 0 spiro atoms. The van der Waals surface area contributed by atoms with Gasteiger partial charge in [-0.1, -0.05) is 0 Å². The second-order valence-corrected chi connectivity index (χ2v) is 10.1. The van der Waals surface area contributed by atoms with Crippen molar-refractivity contribution in [3.8, 4) is 6.07 Å². The van der Waals surface area contributed by atoms with Gasteiger partial charge in [-0.25, -0.2) is 0 Å². The van der Waals surface area contributed by atoms with Crippen LogP contribution in [-0.2, 0) is 4.74 Å². The van der Waals surface area contributed by atoms with E-state index < -0.39 is 0 Å². The summed E-state index contributed by atoms with van der Waals surface area (Å²) >= 11 is 2.88. The summed E-state index contributed by atoms with van der Waals surface area (Å²) in [6, 6.07) is 2.34. The van der Waals surface area contributed by atoms with Crippen LogP contribution >= 0.6 is 18.6 Å². The number of halogens is 2. The Morgan fingerprint density at radius 3 is 2.88 bits per heavy atom. The molecule has 0 amide bonds. The van der Waals surface area contributed by atoms with Crippen molar-refractivity contribution >= 4 is 18.6 Å². The molecular weight excluding hydrogens is 430 g/mol. The van der Waals surface area contributed by atoms with Crippen molar-refractivity contribution in [2.45, 2.75) is 29.2 Å². The first-order valence-corrected chi connectivity index (χ1v) is 13.2. The van der Waals surface area contributed by atoms with E-state index in [0.29, 0.717) is 6.42 Å². The Morgan fingerprint density at radius 1 is 1.62 bits per heavy atom. The fourth-order valence-corrected chi connectivity index (χ4v) is 8.00. The molecule has 2 fully saturated rings. The fraction of sp³-hybridized carbons (Fsp3) is 0.909. The van der Waals surface area contributed by atoms with E-state index in [4.69, 9.17) is 10.00 Å². The van der Waals surface area contributed by atoms with Crippen molar-refractivity contribution in [2.75, 3.05) is 26.3 Å². The van der Waals surface area contributed by atoms with Gasteiger partial charge in [-0.05, 0) is 0 Å². The summed E-state index contributed by atoms with van der Waals surface area (Å²) in [5.41, 5.74) is 0.0721. The van der Waals surface area contributed by atoms with Crippen molar-refractivity contribution in [3.63, 3.8) is 0 Å². The zero-order valence-corrected chi connectivity index (χ0v) is 13.8. The predicted molar refractivity (Wildman–Crippen MR) is 66.9 cm³/mol. The summed E-state index contributed by atoms with van der Waals surface area (Å²) in [6.45, 7) is 6.27. The van der Waals surface area contributed by atoms with Crippen molar-refractivity contribution in [3.05, 3.63) is 0 Å². The van der Waals surface area contributed by atoms with E-state index in [-0.39, 0.29) is 22.8 Å². The number of nitrogens with zero attached hydrogens (tertiary/aromatic N) is 2. The van der Waals surface area contributed by atoms with Crippen LogP contribution in [0.1, 0.15) is 19.8 Å². The number of piperidine rings is 1. The molecule has 0 radical (unpaired) electrons. The van der Waals surface area contributed by atoms with E-state index >= 15 is 0 Å². The van der Waals surface area contributed by atoms with E-state index in [1.54, 1.807) is 0 Å². The van der Waals surface area contributed by atoms with Gasteiger partial charge in [0.2, 0.25) is 0 Å². The van der Waals surface area contributed by atoms with Crippen molar-refractivity contribution < 1.29 is 22.0 Å². The molecule has 0 aliphatic carbocycles. The van der Waals surface area contributed by atoms with E-state index in [0.717, 1.165) is 29.6 Å². The van der Waals surface area contributed by atoms with Gasteiger partial charge in [0, 0.05) is 0 Å². The second-order valence-electron chi connectivity index (χ2n) is 4.86. The number of hydrogen-bond acceptors (Lipinski definition) is 3. The molecule has 3 nitrogen and oxygen atoms in total. The fourth-order valence-electron chi connectivity index (χ4n) is 2.44. The van der Waals surface area contributed by atoms with E-state index in [2.05, 4.69) is 36.5 Å². The number of ether oxygens (including phenoxy) is 1. The van der Waals surface area contributed by atoms with E-state index in [1.807, 2.05) is 0 Å². The zero-order chi connectivity index (χ0) is 11.6. The molecule has 0 saturated carbocycles. The second kappa shape index (κ2) is 5.67. The van der Waals surface area contributed by atoms with E-state index in [1.165, 1.54) is 13.0 Å². The maximum absolute atomic E-state index is 8.95. The van der Waals surface area contributed by atoms with Crippen LogP contribution in [-0.4, -0.2) is 40.7 Å². The normalized spacial score (nSPS) is 34.3. The van der Waals surface area contributed by atoms with Gasteiger partial charge in [-0.15, -0.1) is 0 Å². The van der Waals surface area contributed by atoms with Gasteiger partial charge in [0.1, 0.15) is 0 Å². The molecule has 2 saturated heterocycles. The number of alkyl halides is 1. The monoisotopic (exact) mass is 447 g/mol. The van der Waals surface area contributed by atoms with Gasteiger partial charge in [0.05, 0.1) is 0 Å². The predicted octanol–water partition coefficient (Wildman–Crippen LogP) is -1.18. The molecule has 0 aromatic rings. The third kappa shape index (κ3) is 2.49. The zero-order valence-electron chi connectivity index (χ0n) is 9.46. The van der Waals surface area contributed by atoms with Gasteiger partial charge >= 0.3 is 118 Å². The molecule has 2 heterocycles. The Hall–Kier alpha value is 0.870. The van der Waals surface area contributed by atoms with Crippen molar-refractivity contribution in [2.24, 2.45) is 5.92 Å². The quantitative estimate of drug-likeness (QED) is 0.404. The summed E-state index contributed by atoms with van der Waals surface area (Å²) in [4.78, 5) is 2.54. The Labute approximate surface area is 117 Å². The van der Waals surface area contributed by atoms with Gasteiger partial charge in [-0.3, -0.25) is 0 Å². The SMILES string of the molecule is CC1CCN(C2(CC#N)COC2)CC1[I-]I. The van der Waals surface area contributed by atoms with Gasteiger partial charge < -0.3 is 0 Å². The van der Waals surface area contributed by atoms with Gasteiger partial charge in [0.15, 0.2) is 0 Å². The summed E-state index contributed by atoms with van der Waals surface area (Å²) in [5.74, 6) is 0.876. The molecule has 16 heavy (non-hydrogen) atoms. The number of likely N-dealkylation sites (tertiary alicyclic amines) is 1. The topological polar surface area (TPSA) is 36.3 Å². The third-order valence-electron chi connectivity index (χ3n) is 3.79. The van der Waals surface area contributed by atoms with Crippen LogP contribution in [0.25, 0.3) is 0 Å². The molecule has 2 unspecified atom stereocenters. The van der Waals surface area contributed by atoms with Crippen LogP contribution in [0.4, 0.5) is 0 Å². The minimum atomic E-state index is 0.0721. The molecule has 0 bridgehead atoms. The first kappa shape index (κ1) is 13.3. The van der Waals surface area contributed by atoms with Gasteiger partial charge in [0.25, 0.3) is 0 Å². The molecule has 2 rings (SSSR count). The molecule has 2 atom stereocenters. The molecule has 2 aliphatic heterocycles. The van der Waals surface area contributed by atoms with Crippen LogP contribution < -0.4 is 17.2 Å². The molecule has 0 N–H and O–H groups in total. The standard InChI is InChI=1S/C11H17I2N2O/c1-9-2-5-15(6-10(9)13-12)11(3-4-14)7-16-8-11/h9-10H,2-3,5-8H2,1H3/q-1. The van der Waals surface area contributed by atoms with Crippen LogP contribution in [0.3, 0.4) is 0 Å². The molecule has 5 heteroatoms. The average Bonchev–Trinajstić information content (AvgIpc) is 2.24. The first-order chi connectivity index (χ1) is 7.72. The first-order valence-electron chi connectivity index (χ1n) is 5.66. The number of rotatable bonds is 3. The molecular formula is C11H17I2N2O-. The Morgan fingerprint density at radius 2 is 2.38 bits per heavy atom.